The van der Waals surface area contributed by atoms with Crippen LogP contribution in [0.4, 0.5) is 5.69 Å². The van der Waals surface area contributed by atoms with Crippen molar-refractivity contribution in [2.45, 2.75) is 20.4 Å². The molecule has 20 heavy (non-hydrogen) atoms. The van der Waals surface area contributed by atoms with Crippen molar-refractivity contribution in [3.05, 3.63) is 28.2 Å². The van der Waals surface area contributed by atoms with E-state index in [1.165, 1.54) is 15.7 Å². The molecule has 0 bridgehead atoms. The predicted molar refractivity (Wildman–Crippen MR) is 92.5 cm³/mol. The number of hydrogen-bond acceptors (Lipinski definition) is 3. The minimum Gasteiger partial charge on any atom is -0.369 e. The van der Waals surface area contributed by atoms with Gasteiger partial charge in [-0.1, -0.05) is 19.9 Å². The smallest absolute Gasteiger partial charge is 0.0511 e. The van der Waals surface area contributed by atoms with Crippen molar-refractivity contribution in [3.63, 3.8) is 0 Å². The highest BCUT2D eigenvalue weighted by Gasteiger charge is 2.12. The van der Waals surface area contributed by atoms with E-state index in [1.807, 2.05) is 7.05 Å². The van der Waals surface area contributed by atoms with Crippen molar-refractivity contribution < 1.29 is 0 Å². The average Bonchev–Trinajstić information content (AvgIpc) is 2.35. The Balaban J connectivity index is 2.88. The third-order valence-electron chi connectivity index (χ3n) is 3.14. The number of nitrogens with zero attached hydrogens (tertiary/aromatic N) is 2. The molecule has 0 aliphatic carbocycles. The Morgan fingerprint density at radius 3 is 2.40 bits per heavy atom. The van der Waals surface area contributed by atoms with Crippen LogP contribution in [0.25, 0.3) is 0 Å². The standard InChI is InChI=1S/C16H28BrN3/c1-13(2)12-20(9-8-19(4)5)16-7-6-14(11-18-3)10-15(16)17/h6-7,10,13,18H,8-9,11-12H2,1-5H3. The topological polar surface area (TPSA) is 18.5 Å². The van der Waals surface area contributed by atoms with Crippen molar-refractivity contribution >= 4 is 21.6 Å². The first kappa shape index (κ1) is 17.5. The molecule has 1 aromatic rings. The second-order valence-corrected chi connectivity index (χ2v) is 6.81. The fourth-order valence-corrected chi connectivity index (χ4v) is 2.87. The third kappa shape index (κ3) is 5.81. The lowest BCUT2D eigenvalue weighted by molar-refractivity contribution is 0.409. The molecule has 0 radical (unpaired) electrons. The van der Waals surface area contributed by atoms with E-state index < -0.39 is 0 Å². The quantitative estimate of drug-likeness (QED) is 0.783. The first-order valence-electron chi connectivity index (χ1n) is 7.26. The van der Waals surface area contributed by atoms with E-state index in [9.17, 15) is 0 Å². The van der Waals surface area contributed by atoms with Crippen molar-refractivity contribution in [1.29, 1.82) is 0 Å². The maximum atomic E-state index is 3.73. The molecule has 4 heteroatoms. The lowest BCUT2D eigenvalue weighted by Gasteiger charge is -2.29. The molecular formula is C16H28BrN3. The molecule has 1 N–H and O–H groups in total. The van der Waals surface area contributed by atoms with Crippen LogP contribution in [0.5, 0.6) is 0 Å². The molecule has 0 fully saturated rings. The van der Waals surface area contributed by atoms with Gasteiger partial charge in [0.2, 0.25) is 0 Å². The summed E-state index contributed by atoms with van der Waals surface area (Å²) in [7, 11) is 6.22. The second kappa shape index (κ2) is 8.65. The fourth-order valence-electron chi connectivity index (χ4n) is 2.19. The summed E-state index contributed by atoms with van der Waals surface area (Å²) in [6.07, 6.45) is 0. The van der Waals surface area contributed by atoms with Gasteiger partial charge in [-0.3, -0.25) is 0 Å². The zero-order chi connectivity index (χ0) is 15.1. The summed E-state index contributed by atoms with van der Waals surface area (Å²) >= 11 is 3.73. The number of nitrogens with one attached hydrogen (secondary N) is 1. The van der Waals surface area contributed by atoms with Crippen LogP contribution in [-0.2, 0) is 6.54 Å². The SMILES string of the molecule is CNCc1ccc(N(CCN(C)C)CC(C)C)c(Br)c1. The van der Waals surface area contributed by atoms with Gasteiger partial charge in [0.05, 0.1) is 5.69 Å². The van der Waals surface area contributed by atoms with E-state index >= 15 is 0 Å². The summed E-state index contributed by atoms with van der Waals surface area (Å²) in [6, 6.07) is 6.66. The molecule has 3 nitrogen and oxygen atoms in total. The van der Waals surface area contributed by atoms with E-state index in [-0.39, 0.29) is 0 Å². The maximum absolute atomic E-state index is 3.73. The number of likely N-dealkylation sites (N-methyl/N-ethyl adjacent to an activating group) is 1. The summed E-state index contributed by atoms with van der Waals surface area (Å²) < 4.78 is 1.18. The van der Waals surface area contributed by atoms with Crippen molar-refractivity contribution in [2.75, 3.05) is 45.7 Å². The molecule has 1 aromatic carbocycles. The molecule has 0 saturated heterocycles. The average molecular weight is 342 g/mol. The molecular weight excluding hydrogens is 314 g/mol. The zero-order valence-electron chi connectivity index (χ0n) is 13.4. The van der Waals surface area contributed by atoms with Crippen LogP contribution >= 0.6 is 15.9 Å². The zero-order valence-corrected chi connectivity index (χ0v) is 15.0. The monoisotopic (exact) mass is 341 g/mol. The van der Waals surface area contributed by atoms with Crippen LogP contribution in [-0.4, -0.2) is 45.7 Å². The van der Waals surface area contributed by atoms with Gasteiger partial charge in [-0.05, 0) is 60.7 Å². The molecule has 114 valence electrons. The molecule has 0 spiro atoms. The highest BCUT2D eigenvalue weighted by Crippen LogP contribution is 2.28. The van der Waals surface area contributed by atoms with Crippen LogP contribution in [0.15, 0.2) is 22.7 Å². The Morgan fingerprint density at radius 2 is 1.90 bits per heavy atom. The molecule has 1 rings (SSSR count). The molecule has 0 aliphatic rings. The van der Waals surface area contributed by atoms with E-state index in [2.05, 4.69) is 77.2 Å². The van der Waals surface area contributed by atoms with Crippen LogP contribution in [0.2, 0.25) is 0 Å². The molecule has 0 saturated carbocycles. The third-order valence-corrected chi connectivity index (χ3v) is 3.77. The molecule has 0 unspecified atom stereocenters. The molecule has 0 atom stereocenters. The number of hydrogen-bond donors (Lipinski definition) is 1. The molecule has 0 aliphatic heterocycles. The van der Waals surface area contributed by atoms with Gasteiger partial charge in [0.25, 0.3) is 0 Å². The summed E-state index contributed by atoms with van der Waals surface area (Å²) in [4.78, 5) is 4.70. The summed E-state index contributed by atoms with van der Waals surface area (Å²) in [5.74, 6) is 0.654. The van der Waals surface area contributed by atoms with Gasteiger partial charge < -0.3 is 15.1 Å². The van der Waals surface area contributed by atoms with Crippen LogP contribution in [0.1, 0.15) is 19.4 Å². The molecule has 0 aromatic heterocycles. The van der Waals surface area contributed by atoms with Crippen molar-refractivity contribution in [3.8, 4) is 0 Å². The minimum atomic E-state index is 0.654. The van der Waals surface area contributed by atoms with E-state index in [0.717, 1.165) is 26.2 Å². The Hall–Kier alpha value is -0.580. The first-order chi connectivity index (χ1) is 9.43. The summed E-state index contributed by atoms with van der Waals surface area (Å²) in [5, 5.41) is 3.19. The minimum absolute atomic E-state index is 0.654. The Labute approximate surface area is 132 Å². The Bertz CT molecular complexity index is 405. The number of halogens is 1. The normalized spacial score (nSPS) is 11.4. The van der Waals surface area contributed by atoms with Gasteiger partial charge in [0, 0.05) is 30.7 Å². The highest BCUT2D eigenvalue weighted by atomic mass is 79.9. The maximum Gasteiger partial charge on any atom is 0.0511 e. The molecule has 0 heterocycles. The van der Waals surface area contributed by atoms with Gasteiger partial charge in [-0.25, -0.2) is 0 Å². The van der Waals surface area contributed by atoms with Crippen LogP contribution in [0.3, 0.4) is 0 Å². The highest BCUT2D eigenvalue weighted by molar-refractivity contribution is 9.10. The largest absolute Gasteiger partial charge is 0.369 e. The van der Waals surface area contributed by atoms with Gasteiger partial charge in [0.15, 0.2) is 0 Å². The summed E-state index contributed by atoms with van der Waals surface area (Å²) in [6.45, 7) is 8.64. The van der Waals surface area contributed by atoms with Gasteiger partial charge in [0.1, 0.15) is 0 Å². The van der Waals surface area contributed by atoms with Gasteiger partial charge in [-0.15, -0.1) is 0 Å². The second-order valence-electron chi connectivity index (χ2n) is 5.96. The van der Waals surface area contributed by atoms with E-state index in [1.54, 1.807) is 0 Å². The first-order valence-corrected chi connectivity index (χ1v) is 8.06. The van der Waals surface area contributed by atoms with E-state index in [0.29, 0.717) is 5.92 Å². The summed E-state index contributed by atoms with van der Waals surface area (Å²) in [5.41, 5.74) is 2.60. The Morgan fingerprint density at radius 1 is 1.20 bits per heavy atom. The van der Waals surface area contributed by atoms with Crippen LogP contribution < -0.4 is 10.2 Å². The van der Waals surface area contributed by atoms with E-state index in [4.69, 9.17) is 0 Å². The molecule has 0 amide bonds. The number of rotatable bonds is 8. The number of anilines is 1. The van der Waals surface area contributed by atoms with Gasteiger partial charge >= 0.3 is 0 Å². The fraction of sp³-hybridized carbons (Fsp3) is 0.625. The van der Waals surface area contributed by atoms with Gasteiger partial charge in [-0.2, -0.15) is 0 Å². The van der Waals surface area contributed by atoms with Crippen molar-refractivity contribution in [1.82, 2.24) is 10.2 Å². The lowest BCUT2D eigenvalue weighted by atomic mass is 10.1. The lowest BCUT2D eigenvalue weighted by Crippen LogP contribution is -2.34. The Kier molecular flexibility index (Phi) is 7.56. The van der Waals surface area contributed by atoms with Crippen molar-refractivity contribution in [2.24, 2.45) is 5.92 Å². The predicted octanol–water partition coefficient (Wildman–Crippen LogP) is 3.19. The van der Waals surface area contributed by atoms with Crippen LogP contribution in [0, 0.1) is 5.92 Å². The number of benzene rings is 1.